The maximum absolute atomic E-state index is 12.5. The van der Waals surface area contributed by atoms with Crippen molar-refractivity contribution >= 4 is 33.3 Å². The van der Waals surface area contributed by atoms with Gasteiger partial charge in [-0.3, -0.25) is 4.79 Å². The van der Waals surface area contributed by atoms with Gasteiger partial charge < -0.3 is 10.2 Å². The molecule has 1 fully saturated rings. The van der Waals surface area contributed by atoms with E-state index in [2.05, 4.69) is 25.4 Å². The fraction of sp³-hybridized carbons (Fsp3) is 0.294. The summed E-state index contributed by atoms with van der Waals surface area (Å²) in [7, 11) is 0. The summed E-state index contributed by atoms with van der Waals surface area (Å²) in [6.07, 6.45) is 3.67. The standard InChI is InChI=1S/C17H17N5OS/c23-17(12-5-6-14-15(9-12)24-11-18-14)20-13-3-2-8-22(10-13)16-4-1-7-19-21-16/h1,4-7,9,11,13H,2-3,8,10H2,(H,20,23). The number of hydrogen-bond acceptors (Lipinski definition) is 6. The molecule has 0 radical (unpaired) electrons. The molecular weight excluding hydrogens is 322 g/mol. The van der Waals surface area contributed by atoms with Crippen molar-refractivity contribution in [2.75, 3.05) is 18.0 Å². The maximum Gasteiger partial charge on any atom is 0.251 e. The smallest absolute Gasteiger partial charge is 0.251 e. The quantitative estimate of drug-likeness (QED) is 0.794. The van der Waals surface area contributed by atoms with Crippen molar-refractivity contribution in [3.05, 3.63) is 47.6 Å². The summed E-state index contributed by atoms with van der Waals surface area (Å²) in [5.41, 5.74) is 3.41. The number of hydrogen-bond donors (Lipinski definition) is 1. The van der Waals surface area contributed by atoms with Crippen LogP contribution in [-0.2, 0) is 0 Å². The van der Waals surface area contributed by atoms with E-state index in [4.69, 9.17) is 0 Å². The van der Waals surface area contributed by atoms with Gasteiger partial charge in [-0.25, -0.2) is 4.98 Å². The lowest BCUT2D eigenvalue weighted by molar-refractivity contribution is 0.0933. The second kappa shape index (κ2) is 6.52. The predicted molar refractivity (Wildman–Crippen MR) is 94.4 cm³/mol. The molecule has 122 valence electrons. The lowest BCUT2D eigenvalue weighted by Crippen LogP contribution is -2.48. The van der Waals surface area contributed by atoms with Gasteiger partial charge in [0.25, 0.3) is 5.91 Å². The Kier molecular flexibility index (Phi) is 4.08. The number of benzene rings is 1. The summed E-state index contributed by atoms with van der Waals surface area (Å²) in [6.45, 7) is 1.70. The summed E-state index contributed by atoms with van der Waals surface area (Å²) in [6, 6.07) is 9.59. The Bertz CT molecular complexity index is 850. The highest BCUT2D eigenvalue weighted by Gasteiger charge is 2.23. The fourth-order valence-corrected chi connectivity index (χ4v) is 3.75. The van der Waals surface area contributed by atoms with Crippen LogP contribution < -0.4 is 10.2 Å². The largest absolute Gasteiger partial charge is 0.353 e. The van der Waals surface area contributed by atoms with Gasteiger partial charge in [-0.1, -0.05) is 0 Å². The first-order valence-electron chi connectivity index (χ1n) is 7.96. The van der Waals surface area contributed by atoms with E-state index in [9.17, 15) is 4.79 Å². The van der Waals surface area contributed by atoms with Crippen LogP contribution in [0.15, 0.2) is 42.0 Å². The van der Waals surface area contributed by atoms with Crippen LogP contribution in [-0.4, -0.2) is 40.2 Å². The van der Waals surface area contributed by atoms with Crippen molar-refractivity contribution in [1.82, 2.24) is 20.5 Å². The number of piperidine rings is 1. The molecule has 0 bridgehead atoms. The molecule has 1 atom stereocenters. The van der Waals surface area contributed by atoms with E-state index in [0.29, 0.717) is 5.56 Å². The van der Waals surface area contributed by atoms with Crippen molar-refractivity contribution in [2.45, 2.75) is 18.9 Å². The molecular formula is C17H17N5OS. The summed E-state index contributed by atoms with van der Waals surface area (Å²) < 4.78 is 1.03. The summed E-state index contributed by atoms with van der Waals surface area (Å²) >= 11 is 1.55. The van der Waals surface area contributed by atoms with Crippen molar-refractivity contribution in [2.24, 2.45) is 0 Å². The first-order valence-corrected chi connectivity index (χ1v) is 8.84. The number of amides is 1. The number of anilines is 1. The lowest BCUT2D eigenvalue weighted by Gasteiger charge is -2.33. The maximum atomic E-state index is 12.5. The molecule has 6 nitrogen and oxygen atoms in total. The second-order valence-corrected chi connectivity index (χ2v) is 6.76. The van der Waals surface area contributed by atoms with E-state index < -0.39 is 0 Å². The third kappa shape index (κ3) is 3.07. The van der Waals surface area contributed by atoms with Crippen molar-refractivity contribution in [1.29, 1.82) is 0 Å². The minimum Gasteiger partial charge on any atom is -0.353 e. The van der Waals surface area contributed by atoms with Crippen LogP contribution in [0.1, 0.15) is 23.2 Å². The molecule has 0 spiro atoms. The second-order valence-electron chi connectivity index (χ2n) is 5.88. The topological polar surface area (TPSA) is 71.0 Å². The number of aromatic nitrogens is 3. The Morgan fingerprint density at radius 2 is 2.29 bits per heavy atom. The molecule has 4 rings (SSSR count). The van der Waals surface area contributed by atoms with Crippen molar-refractivity contribution < 1.29 is 4.79 Å². The lowest BCUT2D eigenvalue weighted by atomic mass is 10.0. The Hall–Kier alpha value is -2.54. The van der Waals surface area contributed by atoms with Crippen LogP contribution in [0.4, 0.5) is 5.82 Å². The van der Waals surface area contributed by atoms with E-state index in [-0.39, 0.29) is 11.9 Å². The Morgan fingerprint density at radius 3 is 3.17 bits per heavy atom. The minimum absolute atomic E-state index is 0.0312. The zero-order chi connectivity index (χ0) is 16.4. The molecule has 1 aliphatic heterocycles. The molecule has 0 saturated carbocycles. The van der Waals surface area contributed by atoms with Gasteiger partial charge in [-0.05, 0) is 43.2 Å². The Morgan fingerprint density at radius 1 is 1.33 bits per heavy atom. The molecule has 1 unspecified atom stereocenters. The van der Waals surface area contributed by atoms with Gasteiger partial charge in [-0.2, -0.15) is 5.10 Å². The summed E-state index contributed by atoms with van der Waals surface area (Å²) in [4.78, 5) is 19.0. The first kappa shape index (κ1) is 15.0. The summed E-state index contributed by atoms with van der Waals surface area (Å²) in [5, 5.41) is 11.2. The zero-order valence-corrected chi connectivity index (χ0v) is 13.9. The molecule has 0 aliphatic carbocycles. The highest BCUT2D eigenvalue weighted by Crippen LogP contribution is 2.20. The van der Waals surface area contributed by atoms with Gasteiger partial charge in [-0.15, -0.1) is 16.4 Å². The van der Waals surface area contributed by atoms with E-state index in [0.717, 1.165) is 42.0 Å². The van der Waals surface area contributed by atoms with Gasteiger partial charge in [0.05, 0.1) is 15.7 Å². The monoisotopic (exact) mass is 339 g/mol. The van der Waals surface area contributed by atoms with Crippen LogP contribution in [0.5, 0.6) is 0 Å². The number of carbonyl (C=O) groups is 1. The van der Waals surface area contributed by atoms with E-state index in [1.54, 1.807) is 23.0 Å². The number of carbonyl (C=O) groups excluding carboxylic acids is 1. The average Bonchev–Trinajstić information content (AvgIpc) is 3.10. The molecule has 2 aromatic heterocycles. The highest BCUT2D eigenvalue weighted by molar-refractivity contribution is 7.16. The predicted octanol–water partition coefficient (Wildman–Crippen LogP) is 2.49. The minimum atomic E-state index is -0.0312. The van der Waals surface area contributed by atoms with Crippen molar-refractivity contribution in [3.63, 3.8) is 0 Å². The highest BCUT2D eigenvalue weighted by atomic mass is 32.1. The van der Waals surface area contributed by atoms with Crippen molar-refractivity contribution in [3.8, 4) is 0 Å². The van der Waals surface area contributed by atoms with Gasteiger partial charge in [0.1, 0.15) is 0 Å². The van der Waals surface area contributed by atoms with E-state index >= 15 is 0 Å². The van der Waals surface area contributed by atoms with Gasteiger partial charge in [0.2, 0.25) is 0 Å². The van der Waals surface area contributed by atoms with Gasteiger partial charge in [0.15, 0.2) is 5.82 Å². The summed E-state index contributed by atoms with van der Waals surface area (Å²) in [5.74, 6) is 0.832. The normalized spacial score (nSPS) is 17.8. The average molecular weight is 339 g/mol. The van der Waals surface area contributed by atoms with Crippen LogP contribution in [0.2, 0.25) is 0 Å². The molecule has 1 amide bonds. The van der Waals surface area contributed by atoms with Crippen LogP contribution >= 0.6 is 11.3 Å². The Labute approximate surface area is 143 Å². The third-order valence-electron chi connectivity index (χ3n) is 4.23. The molecule has 1 aliphatic rings. The number of nitrogens with zero attached hydrogens (tertiary/aromatic N) is 4. The van der Waals surface area contributed by atoms with E-state index in [1.165, 1.54) is 0 Å². The molecule has 3 heterocycles. The molecule has 1 N–H and O–H groups in total. The molecule has 1 saturated heterocycles. The molecule has 1 aromatic carbocycles. The first-order chi connectivity index (χ1) is 11.8. The SMILES string of the molecule is O=C(NC1CCCN(c2cccnn2)C1)c1ccc2ncsc2c1. The van der Waals surface area contributed by atoms with E-state index in [1.807, 2.05) is 30.3 Å². The zero-order valence-electron chi connectivity index (χ0n) is 13.1. The molecule has 24 heavy (non-hydrogen) atoms. The van der Waals surface area contributed by atoms with Gasteiger partial charge in [0, 0.05) is 30.9 Å². The number of nitrogens with one attached hydrogen (secondary N) is 1. The number of fused-ring (bicyclic) bond motifs is 1. The molecule has 7 heteroatoms. The number of thiazole rings is 1. The molecule has 3 aromatic rings. The van der Waals surface area contributed by atoms with Crippen LogP contribution in [0.3, 0.4) is 0 Å². The third-order valence-corrected chi connectivity index (χ3v) is 5.02. The fourth-order valence-electron chi connectivity index (χ4n) is 3.03. The van der Waals surface area contributed by atoms with Gasteiger partial charge >= 0.3 is 0 Å². The Balaban J connectivity index is 1.45. The van der Waals surface area contributed by atoms with Crippen LogP contribution in [0, 0.1) is 0 Å². The van der Waals surface area contributed by atoms with Crippen LogP contribution in [0.25, 0.3) is 10.2 Å². The number of rotatable bonds is 3.